The lowest BCUT2D eigenvalue weighted by Gasteiger charge is -2.35. The molecule has 3 nitrogen and oxygen atoms in total. The van der Waals surface area contributed by atoms with Crippen LogP contribution in [0.5, 0.6) is 0 Å². The summed E-state index contributed by atoms with van der Waals surface area (Å²) in [7, 11) is 0. The van der Waals surface area contributed by atoms with Gasteiger partial charge in [-0.1, -0.05) is 136 Å². The molecule has 0 aliphatic heterocycles. The van der Waals surface area contributed by atoms with Crippen molar-refractivity contribution >= 4 is 5.91 Å². The first-order valence-electron chi connectivity index (χ1n) is 15.3. The number of quaternary nitrogens is 1. The topological polar surface area (TPSA) is 29.1 Å². The monoisotopic (exact) mass is 467 g/mol. The second-order valence-corrected chi connectivity index (χ2v) is 10.5. The number of rotatable bonds is 26. The largest absolute Gasteiger partial charge is 0.270 e. The number of carbonyl (C=O) groups excluding carboxylic acids is 1. The molecule has 0 aromatic rings. The molecule has 0 aliphatic rings. The third-order valence-corrected chi connectivity index (χ3v) is 7.52. The lowest BCUT2D eigenvalue weighted by molar-refractivity contribution is -0.958. The lowest BCUT2D eigenvalue weighted by Crippen LogP contribution is -2.60. The first-order valence-corrected chi connectivity index (χ1v) is 15.3. The van der Waals surface area contributed by atoms with Crippen molar-refractivity contribution in [2.24, 2.45) is 0 Å². The van der Waals surface area contributed by atoms with Crippen molar-refractivity contribution in [1.82, 2.24) is 5.43 Å². The van der Waals surface area contributed by atoms with Gasteiger partial charge in [-0.05, 0) is 26.7 Å². The molecule has 198 valence electrons. The van der Waals surface area contributed by atoms with E-state index < -0.39 is 0 Å². The summed E-state index contributed by atoms with van der Waals surface area (Å²) in [4.78, 5) is 12.4. The average molecular weight is 468 g/mol. The van der Waals surface area contributed by atoms with Crippen molar-refractivity contribution in [3.05, 3.63) is 0 Å². The predicted octanol–water partition coefficient (Wildman–Crippen LogP) is 9.50. The summed E-state index contributed by atoms with van der Waals surface area (Å²) in [6.45, 7) is 11.9. The van der Waals surface area contributed by atoms with Crippen LogP contribution < -0.4 is 5.43 Å². The molecule has 0 radical (unpaired) electrons. The van der Waals surface area contributed by atoms with Crippen LogP contribution >= 0.6 is 0 Å². The predicted molar refractivity (Wildman–Crippen MR) is 147 cm³/mol. The first kappa shape index (κ1) is 32.4. The summed E-state index contributed by atoms with van der Waals surface area (Å²) in [5.41, 5.74) is 3.32. The molecule has 0 aliphatic carbocycles. The van der Waals surface area contributed by atoms with Gasteiger partial charge in [0.15, 0.2) is 0 Å². The number of unbranched alkanes of at least 4 members (excludes halogenated alkanes) is 19. The third-order valence-electron chi connectivity index (χ3n) is 7.52. The van der Waals surface area contributed by atoms with Crippen molar-refractivity contribution < 1.29 is 9.39 Å². The number of hydrogen-bond acceptors (Lipinski definition) is 1. The number of amides is 1. The van der Waals surface area contributed by atoms with Gasteiger partial charge < -0.3 is 0 Å². The maximum atomic E-state index is 12.4. The average Bonchev–Trinajstić information content (AvgIpc) is 2.83. The van der Waals surface area contributed by atoms with Gasteiger partial charge in [-0.2, -0.15) is 0 Å². The van der Waals surface area contributed by atoms with E-state index in [0.717, 1.165) is 30.6 Å². The van der Waals surface area contributed by atoms with E-state index in [-0.39, 0.29) is 5.91 Å². The van der Waals surface area contributed by atoms with E-state index in [1.807, 2.05) is 0 Å². The smallest absolute Gasteiger partial charge is 0.264 e. The molecule has 0 spiro atoms. The summed E-state index contributed by atoms with van der Waals surface area (Å²) in [6.07, 6.45) is 29.5. The van der Waals surface area contributed by atoms with Crippen LogP contribution in [-0.4, -0.2) is 30.1 Å². The number of hydrogen-bond donors (Lipinski definition) is 1. The third kappa shape index (κ3) is 20.5. The zero-order valence-electron chi connectivity index (χ0n) is 23.5. The minimum atomic E-state index is 0.252. The Morgan fingerprint density at radius 3 is 1.15 bits per heavy atom. The fourth-order valence-corrected chi connectivity index (χ4v) is 4.90. The lowest BCUT2D eigenvalue weighted by atomic mass is 10.0. The highest BCUT2D eigenvalue weighted by molar-refractivity contribution is 5.74. The van der Waals surface area contributed by atoms with Crippen LogP contribution in [0.2, 0.25) is 0 Å². The number of nitrogens with zero attached hydrogens (tertiary/aromatic N) is 1. The first-order chi connectivity index (χ1) is 16.1. The molecule has 0 aromatic carbocycles. The summed E-state index contributed by atoms with van der Waals surface area (Å²) >= 11 is 0. The van der Waals surface area contributed by atoms with E-state index in [1.54, 1.807) is 0 Å². The van der Waals surface area contributed by atoms with Crippen LogP contribution in [0.25, 0.3) is 0 Å². The second-order valence-electron chi connectivity index (χ2n) is 10.5. The van der Waals surface area contributed by atoms with E-state index in [0.29, 0.717) is 6.42 Å². The van der Waals surface area contributed by atoms with Crippen molar-refractivity contribution in [3.63, 3.8) is 0 Å². The van der Waals surface area contributed by atoms with Gasteiger partial charge in [0.05, 0.1) is 13.1 Å². The molecular formula is C30H63N2O+. The van der Waals surface area contributed by atoms with Crippen LogP contribution in [0, 0.1) is 0 Å². The summed E-state index contributed by atoms with van der Waals surface area (Å²) in [6, 6.07) is 0. The molecule has 33 heavy (non-hydrogen) atoms. The van der Waals surface area contributed by atoms with Gasteiger partial charge in [-0.3, -0.25) is 4.79 Å². The van der Waals surface area contributed by atoms with Crippen LogP contribution in [0.1, 0.15) is 169 Å². The zero-order chi connectivity index (χ0) is 24.5. The molecule has 0 saturated heterocycles. The van der Waals surface area contributed by atoms with Gasteiger partial charge in [-0.25, -0.2) is 10.0 Å². The fraction of sp³-hybridized carbons (Fsp3) is 0.967. The van der Waals surface area contributed by atoms with Gasteiger partial charge in [0.25, 0.3) is 5.91 Å². The Hall–Kier alpha value is -0.570. The zero-order valence-corrected chi connectivity index (χ0v) is 23.5. The molecule has 0 unspecified atom stereocenters. The highest BCUT2D eigenvalue weighted by Gasteiger charge is 2.25. The van der Waals surface area contributed by atoms with Crippen molar-refractivity contribution in [3.8, 4) is 0 Å². The Balaban J connectivity index is 3.40. The van der Waals surface area contributed by atoms with Crippen LogP contribution in [-0.2, 0) is 4.79 Å². The Bertz CT molecular complexity index is 406. The van der Waals surface area contributed by atoms with Crippen LogP contribution in [0.15, 0.2) is 0 Å². The normalized spacial score (nSPS) is 11.8. The maximum Gasteiger partial charge on any atom is 0.264 e. The molecule has 3 heteroatoms. The van der Waals surface area contributed by atoms with Crippen molar-refractivity contribution in [2.45, 2.75) is 169 Å². The van der Waals surface area contributed by atoms with Crippen LogP contribution in [0.4, 0.5) is 0 Å². The molecule has 0 saturated carbocycles. The number of nitrogens with one attached hydrogen (secondary N) is 1. The van der Waals surface area contributed by atoms with E-state index in [4.69, 9.17) is 0 Å². The number of carbonyl (C=O) groups is 1. The Morgan fingerprint density at radius 1 is 0.485 bits per heavy atom. The molecule has 0 bridgehead atoms. The molecule has 0 fully saturated rings. The molecular weight excluding hydrogens is 404 g/mol. The Labute approximate surface area is 209 Å². The highest BCUT2D eigenvalue weighted by atomic mass is 16.2. The van der Waals surface area contributed by atoms with Gasteiger partial charge in [-0.15, -0.1) is 0 Å². The van der Waals surface area contributed by atoms with Crippen molar-refractivity contribution in [2.75, 3.05) is 19.6 Å². The molecule has 1 amide bonds. The van der Waals surface area contributed by atoms with Crippen LogP contribution in [0.3, 0.4) is 0 Å². The Morgan fingerprint density at radius 2 is 0.818 bits per heavy atom. The molecule has 0 rings (SSSR count). The fourth-order valence-electron chi connectivity index (χ4n) is 4.90. The summed E-state index contributed by atoms with van der Waals surface area (Å²) in [5, 5.41) is 0. The van der Waals surface area contributed by atoms with E-state index in [9.17, 15) is 4.79 Å². The minimum absolute atomic E-state index is 0.252. The highest BCUT2D eigenvalue weighted by Crippen LogP contribution is 2.15. The Kier molecular flexibility index (Phi) is 24.1. The second kappa shape index (κ2) is 24.6. The summed E-state index contributed by atoms with van der Waals surface area (Å²) < 4.78 is 0.756. The van der Waals surface area contributed by atoms with Crippen molar-refractivity contribution in [1.29, 1.82) is 0 Å². The SMILES string of the molecule is CCCCCCCCCCCCCCCCCCCCCC(=O)N[N+](CC)(CC)CCCC. The molecule has 0 atom stereocenters. The van der Waals surface area contributed by atoms with E-state index in [2.05, 4.69) is 33.1 Å². The molecule has 1 N–H and O–H groups in total. The van der Waals surface area contributed by atoms with Gasteiger partial charge >= 0.3 is 0 Å². The van der Waals surface area contributed by atoms with Gasteiger partial charge in [0.1, 0.15) is 6.54 Å². The van der Waals surface area contributed by atoms with Gasteiger partial charge in [0.2, 0.25) is 0 Å². The summed E-state index contributed by atoms with van der Waals surface area (Å²) in [5.74, 6) is 0.252. The maximum absolute atomic E-state index is 12.4. The quantitative estimate of drug-likeness (QED) is 0.0765. The molecule has 0 heterocycles. The minimum Gasteiger partial charge on any atom is -0.270 e. The standard InChI is InChI=1S/C30H62N2O/c1-5-9-11-12-13-14-15-16-17-18-19-20-21-22-23-24-25-26-27-28-30(33)31-32(7-3,8-4)29-10-6-2/h5-29H2,1-4H3/p+1. The van der Waals surface area contributed by atoms with E-state index >= 15 is 0 Å². The molecule has 0 aromatic heterocycles. The van der Waals surface area contributed by atoms with Gasteiger partial charge in [0, 0.05) is 6.42 Å². The van der Waals surface area contributed by atoms with E-state index in [1.165, 1.54) is 128 Å².